The molecule has 0 radical (unpaired) electrons. The first-order chi connectivity index (χ1) is 27.6. The van der Waals surface area contributed by atoms with Gasteiger partial charge >= 0.3 is 5.97 Å². The van der Waals surface area contributed by atoms with Crippen molar-refractivity contribution in [1.82, 2.24) is 29.3 Å². The summed E-state index contributed by atoms with van der Waals surface area (Å²) in [4.78, 5) is 74.4. The largest absolute Gasteiger partial charge is 0.508 e. The summed E-state index contributed by atoms with van der Waals surface area (Å²) in [7, 11) is 1.88. The van der Waals surface area contributed by atoms with Gasteiger partial charge in [-0.25, -0.2) is 10.0 Å². The second kappa shape index (κ2) is 17.0. The molecule has 3 fully saturated rings. The van der Waals surface area contributed by atoms with Crippen molar-refractivity contribution in [3.63, 3.8) is 0 Å². The van der Waals surface area contributed by atoms with Crippen molar-refractivity contribution in [1.29, 1.82) is 0 Å². The molecule has 13 heteroatoms. The van der Waals surface area contributed by atoms with Crippen LogP contribution in [0, 0.1) is 5.92 Å². The summed E-state index contributed by atoms with van der Waals surface area (Å²) in [6, 6.07) is 21.2. The fourth-order valence-corrected chi connectivity index (χ4v) is 8.57. The number of hydrogen-bond acceptors (Lipinski definition) is 8. The average Bonchev–Trinajstić information content (AvgIpc) is 3.56. The van der Waals surface area contributed by atoms with Crippen molar-refractivity contribution < 1.29 is 33.8 Å². The van der Waals surface area contributed by atoms with Gasteiger partial charge in [-0.3, -0.25) is 24.0 Å². The molecule has 0 saturated carbocycles. The number of amides is 4. The molecule has 3 aliphatic rings. The van der Waals surface area contributed by atoms with Crippen molar-refractivity contribution in [3.05, 3.63) is 114 Å². The van der Waals surface area contributed by atoms with Crippen LogP contribution in [0.2, 0.25) is 0 Å². The summed E-state index contributed by atoms with van der Waals surface area (Å²) in [5.74, 6) is -1.15. The molecular weight excluding hydrogens is 725 g/mol. The first-order valence-electron chi connectivity index (χ1n) is 19.7. The fraction of sp³-hybridized carbons (Fsp3) is 0.386. The Bertz CT molecular complexity index is 2140. The van der Waals surface area contributed by atoms with Crippen LogP contribution in [0.3, 0.4) is 0 Å². The number of aryl methyl sites for hydroxylation is 2. The van der Waals surface area contributed by atoms with E-state index in [2.05, 4.69) is 6.58 Å². The number of aromatic nitrogens is 1. The number of nitrogens with zero attached hydrogens (tertiary/aromatic N) is 6. The van der Waals surface area contributed by atoms with E-state index in [1.807, 2.05) is 66.3 Å². The molecule has 3 saturated heterocycles. The van der Waals surface area contributed by atoms with E-state index in [0.29, 0.717) is 44.5 Å². The van der Waals surface area contributed by atoms with Gasteiger partial charge in [0.25, 0.3) is 5.91 Å². The smallest absolute Gasteiger partial charge is 0.309 e. The number of esters is 1. The molecule has 3 aromatic carbocycles. The molecule has 2 atom stereocenters. The zero-order chi connectivity index (χ0) is 40.2. The lowest BCUT2D eigenvalue weighted by Gasteiger charge is -2.55. The summed E-state index contributed by atoms with van der Waals surface area (Å²) in [6.45, 7) is 7.33. The van der Waals surface area contributed by atoms with Gasteiger partial charge in [0.05, 0.1) is 36.7 Å². The van der Waals surface area contributed by atoms with Gasteiger partial charge in [0.2, 0.25) is 17.7 Å². The number of aromatic hydroxyl groups is 1. The van der Waals surface area contributed by atoms with Crippen LogP contribution in [0.15, 0.2) is 91.6 Å². The van der Waals surface area contributed by atoms with Crippen LogP contribution in [0.4, 0.5) is 0 Å². The van der Waals surface area contributed by atoms with Crippen molar-refractivity contribution in [3.8, 4) is 5.75 Å². The molecule has 13 nitrogen and oxygen atoms in total. The number of hydrogen-bond donors (Lipinski definition) is 1. The average molecular weight is 775 g/mol. The van der Waals surface area contributed by atoms with Crippen LogP contribution < -0.4 is 0 Å². The monoisotopic (exact) mass is 774 g/mol. The van der Waals surface area contributed by atoms with E-state index in [4.69, 9.17) is 4.74 Å². The first kappa shape index (κ1) is 39.3. The van der Waals surface area contributed by atoms with Crippen molar-refractivity contribution in [2.45, 2.75) is 57.8 Å². The Balaban J connectivity index is 1.20. The van der Waals surface area contributed by atoms with Crippen LogP contribution in [-0.2, 0) is 50.3 Å². The Morgan fingerprint density at radius 2 is 1.68 bits per heavy atom. The first-order valence-corrected chi connectivity index (χ1v) is 19.7. The Hall–Kier alpha value is -5.95. The zero-order valence-corrected chi connectivity index (χ0v) is 32.6. The molecule has 3 aliphatic heterocycles. The summed E-state index contributed by atoms with van der Waals surface area (Å²) in [6.07, 6.45) is 4.69. The minimum Gasteiger partial charge on any atom is -0.508 e. The lowest BCUT2D eigenvalue weighted by Crippen LogP contribution is -2.75. The number of rotatable bonds is 12. The third-order valence-electron chi connectivity index (χ3n) is 11.3. The summed E-state index contributed by atoms with van der Waals surface area (Å²) >= 11 is 0. The van der Waals surface area contributed by atoms with Gasteiger partial charge in [0.15, 0.2) is 0 Å². The molecule has 57 heavy (non-hydrogen) atoms. The fourth-order valence-electron chi connectivity index (χ4n) is 8.57. The molecule has 1 N–H and O–H groups in total. The third kappa shape index (κ3) is 8.15. The predicted octanol–water partition coefficient (Wildman–Crippen LogP) is 4.29. The van der Waals surface area contributed by atoms with E-state index >= 15 is 0 Å². The number of hydrazine groups is 1. The maximum absolute atomic E-state index is 14.7. The van der Waals surface area contributed by atoms with Crippen LogP contribution in [0.5, 0.6) is 5.75 Å². The summed E-state index contributed by atoms with van der Waals surface area (Å²) in [5.41, 5.74) is 3.93. The standard InChI is InChI=1S/C44H50N6O7/c1-4-22-48-29-40(53)49-37(25-31-14-17-34(51)18-15-31)43(55)47(28-38(49)50(48)39(52)19-16-30-10-7-6-8-11-30)26-33-12-9-13-35-36(27-45(3)41(33)35)42(54)46-23-20-32(21-24-46)44(56)57-5-2/h4,6-15,17-18,27,32,37-38,51H,1,5,16,19-26,28-29H2,2-3H3/t37-,38-/m0/s1. The SMILES string of the molecule is C=CCN1CC(=O)N2[C@@H](Cc3ccc(O)cc3)C(=O)N(Cc3cccc4c(C(=O)N5CCC(C(=O)OCC)CC5)cn(C)c34)C[C@@H]2N1C(=O)CCc1ccccc1. The van der Waals surface area contributed by atoms with E-state index in [-0.39, 0.29) is 80.3 Å². The number of piperidine rings is 1. The highest BCUT2D eigenvalue weighted by molar-refractivity contribution is 6.08. The summed E-state index contributed by atoms with van der Waals surface area (Å²) in [5, 5.41) is 14.1. The highest BCUT2D eigenvalue weighted by Crippen LogP contribution is 2.33. The Morgan fingerprint density at radius 3 is 2.39 bits per heavy atom. The third-order valence-corrected chi connectivity index (χ3v) is 11.3. The second-order valence-electron chi connectivity index (χ2n) is 15.0. The number of fused-ring (bicyclic) bond motifs is 2. The number of phenolic OH excluding ortho intramolecular Hbond substituents is 1. The number of carbonyl (C=O) groups excluding carboxylic acids is 5. The minimum atomic E-state index is -0.918. The van der Waals surface area contributed by atoms with E-state index < -0.39 is 12.2 Å². The molecule has 4 amide bonds. The quantitative estimate of drug-likeness (QED) is 0.167. The van der Waals surface area contributed by atoms with Crippen LogP contribution in [0.25, 0.3) is 10.9 Å². The molecule has 0 unspecified atom stereocenters. The van der Waals surface area contributed by atoms with Crippen molar-refractivity contribution in [2.24, 2.45) is 13.0 Å². The lowest BCUT2D eigenvalue weighted by molar-refractivity contribution is -0.205. The van der Waals surface area contributed by atoms with Gasteiger partial charge < -0.3 is 29.1 Å². The van der Waals surface area contributed by atoms with Gasteiger partial charge in [0.1, 0.15) is 18.0 Å². The highest BCUT2D eigenvalue weighted by Gasteiger charge is 2.51. The van der Waals surface area contributed by atoms with E-state index in [0.717, 1.165) is 27.6 Å². The van der Waals surface area contributed by atoms with E-state index in [1.54, 1.807) is 62.0 Å². The molecular formula is C44H50N6O7. The number of piperazine rings is 1. The zero-order valence-electron chi connectivity index (χ0n) is 32.6. The molecule has 0 bridgehead atoms. The number of carbonyl (C=O) groups is 5. The number of likely N-dealkylation sites (tertiary alicyclic amines) is 1. The number of benzene rings is 3. The van der Waals surface area contributed by atoms with Gasteiger partial charge in [0, 0.05) is 57.7 Å². The number of ether oxygens (including phenoxy) is 1. The number of para-hydroxylation sites is 1. The molecule has 4 heterocycles. The predicted molar refractivity (Wildman–Crippen MR) is 213 cm³/mol. The molecule has 4 aromatic rings. The molecule has 7 rings (SSSR count). The van der Waals surface area contributed by atoms with Gasteiger partial charge in [-0.2, -0.15) is 0 Å². The van der Waals surface area contributed by atoms with Gasteiger partial charge in [-0.15, -0.1) is 6.58 Å². The molecule has 0 aliphatic carbocycles. The molecule has 0 spiro atoms. The Labute approximate surface area is 332 Å². The van der Waals surface area contributed by atoms with Gasteiger partial charge in [-0.1, -0.05) is 66.7 Å². The van der Waals surface area contributed by atoms with Crippen LogP contribution in [0.1, 0.15) is 53.2 Å². The Kier molecular flexibility index (Phi) is 11.7. The van der Waals surface area contributed by atoms with Crippen molar-refractivity contribution in [2.75, 3.05) is 39.3 Å². The maximum Gasteiger partial charge on any atom is 0.309 e. The number of phenols is 1. The van der Waals surface area contributed by atoms with Crippen LogP contribution in [-0.4, -0.2) is 116 Å². The highest BCUT2D eigenvalue weighted by atomic mass is 16.5. The van der Waals surface area contributed by atoms with Crippen LogP contribution >= 0.6 is 0 Å². The lowest BCUT2D eigenvalue weighted by atomic mass is 9.96. The maximum atomic E-state index is 14.7. The van der Waals surface area contributed by atoms with Gasteiger partial charge in [-0.05, 0) is 55.0 Å². The van der Waals surface area contributed by atoms with E-state index in [1.165, 1.54) is 0 Å². The Morgan fingerprint density at radius 1 is 0.947 bits per heavy atom. The normalized spacial score (nSPS) is 19.2. The summed E-state index contributed by atoms with van der Waals surface area (Å²) < 4.78 is 7.12. The molecule has 298 valence electrons. The minimum absolute atomic E-state index is 0.0728. The van der Waals surface area contributed by atoms with Crippen molar-refractivity contribution >= 4 is 40.5 Å². The van der Waals surface area contributed by atoms with E-state index in [9.17, 15) is 29.1 Å². The molecule has 1 aromatic heterocycles. The topological polar surface area (TPSA) is 136 Å². The second-order valence-corrected chi connectivity index (χ2v) is 15.0.